The highest BCUT2D eigenvalue weighted by molar-refractivity contribution is 14.0. The molecule has 8 heteroatoms. The van der Waals surface area contributed by atoms with Crippen molar-refractivity contribution in [2.24, 2.45) is 10.9 Å². The van der Waals surface area contributed by atoms with Gasteiger partial charge in [0.25, 0.3) is 0 Å². The number of guanidine groups is 1. The van der Waals surface area contributed by atoms with Crippen LogP contribution in [0.2, 0.25) is 0 Å². The van der Waals surface area contributed by atoms with Crippen LogP contribution in [0, 0.1) is 5.92 Å². The highest BCUT2D eigenvalue weighted by Crippen LogP contribution is 2.23. The maximum absolute atomic E-state index is 12.2. The number of halogens is 1. The normalized spacial score (nSPS) is 20.2. The molecule has 0 heterocycles. The van der Waals surface area contributed by atoms with Gasteiger partial charge in [-0.15, -0.1) is 24.0 Å². The lowest BCUT2D eigenvalue weighted by molar-refractivity contribution is -0.116. The molecule has 1 aromatic carbocycles. The van der Waals surface area contributed by atoms with Crippen LogP contribution in [0.15, 0.2) is 29.3 Å². The molecule has 170 valence electrons. The summed E-state index contributed by atoms with van der Waals surface area (Å²) >= 11 is 0. The van der Waals surface area contributed by atoms with Gasteiger partial charge in [-0.3, -0.25) is 14.0 Å². The van der Waals surface area contributed by atoms with E-state index in [-0.39, 0.29) is 35.1 Å². The van der Waals surface area contributed by atoms with E-state index in [1.165, 1.54) is 0 Å². The molecule has 0 aromatic heterocycles. The molecule has 1 fully saturated rings. The van der Waals surface area contributed by atoms with Gasteiger partial charge in [-0.1, -0.05) is 39.3 Å². The highest BCUT2D eigenvalue weighted by atomic mass is 127. The molecule has 1 aromatic rings. The summed E-state index contributed by atoms with van der Waals surface area (Å²) in [5.74, 6) is 1.86. The lowest BCUT2D eigenvalue weighted by Gasteiger charge is -2.30. The summed E-state index contributed by atoms with van der Waals surface area (Å²) in [4.78, 5) is 16.3. The highest BCUT2D eigenvalue weighted by Gasteiger charge is 2.26. The van der Waals surface area contributed by atoms with Gasteiger partial charge in [0.15, 0.2) is 5.96 Å². The van der Waals surface area contributed by atoms with Crippen LogP contribution in [-0.4, -0.2) is 40.2 Å². The molecular weight excluding hydrogens is 511 g/mol. The van der Waals surface area contributed by atoms with Crippen LogP contribution in [0.1, 0.15) is 58.4 Å². The topological polar surface area (TPSA) is 82.6 Å². The number of hydrogen-bond acceptors (Lipinski definition) is 3. The number of nitrogens with zero attached hydrogens (tertiary/aromatic N) is 1. The molecule has 1 aliphatic carbocycles. The average molecular weight is 549 g/mol. The Balaban J connectivity index is 0.00000450. The van der Waals surface area contributed by atoms with Crippen molar-refractivity contribution in [2.45, 2.75) is 70.7 Å². The number of aliphatic imine (C=N–C) groups is 1. The molecule has 3 unspecified atom stereocenters. The first-order chi connectivity index (χ1) is 13.9. The van der Waals surface area contributed by atoms with Gasteiger partial charge >= 0.3 is 0 Å². The first-order valence-electron chi connectivity index (χ1n) is 10.6. The number of benzene rings is 1. The van der Waals surface area contributed by atoms with Crippen LogP contribution in [0.3, 0.4) is 0 Å². The zero-order valence-electron chi connectivity index (χ0n) is 18.6. The fourth-order valence-electron chi connectivity index (χ4n) is 3.67. The minimum absolute atomic E-state index is 0. The van der Waals surface area contributed by atoms with Crippen molar-refractivity contribution < 1.29 is 9.00 Å². The third-order valence-corrected chi connectivity index (χ3v) is 6.85. The largest absolute Gasteiger partial charge is 0.354 e. The number of hydrogen-bond donors (Lipinski definition) is 3. The van der Waals surface area contributed by atoms with Crippen molar-refractivity contribution in [1.82, 2.24) is 10.6 Å². The van der Waals surface area contributed by atoms with E-state index >= 15 is 0 Å². The Bertz CT molecular complexity index is 727. The maximum Gasteiger partial charge on any atom is 0.224 e. The molecule has 2 rings (SSSR count). The van der Waals surface area contributed by atoms with Crippen LogP contribution in [0.25, 0.3) is 0 Å². The monoisotopic (exact) mass is 548 g/mol. The summed E-state index contributed by atoms with van der Waals surface area (Å²) in [6.07, 6.45) is 4.68. The Morgan fingerprint density at radius 2 is 2.07 bits per heavy atom. The van der Waals surface area contributed by atoms with E-state index in [4.69, 9.17) is 0 Å². The van der Waals surface area contributed by atoms with E-state index in [9.17, 15) is 9.00 Å². The van der Waals surface area contributed by atoms with Gasteiger partial charge in [-0.05, 0) is 42.9 Å². The van der Waals surface area contributed by atoms with Crippen LogP contribution >= 0.6 is 24.0 Å². The zero-order valence-corrected chi connectivity index (χ0v) is 21.7. The Hall–Kier alpha value is -1.16. The maximum atomic E-state index is 12.2. The minimum atomic E-state index is -0.731. The van der Waals surface area contributed by atoms with Crippen molar-refractivity contribution in [3.8, 4) is 0 Å². The predicted octanol–water partition coefficient (Wildman–Crippen LogP) is 4.03. The molecule has 1 amide bonds. The molecule has 0 spiro atoms. The SMILES string of the molecule is CCS(=O)C1CCCC(NC(=NC)NCc2cccc(NC(=O)CC(C)C)c2)C1.I. The molecule has 0 saturated heterocycles. The second-order valence-electron chi connectivity index (χ2n) is 8.07. The van der Waals surface area contributed by atoms with Gasteiger partial charge < -0.3 is 16.0 Å². The second kappa shape index (κ2) is 14.0. The van der Waals surface area contributed by atoms with Crippen LogP contribution in [0.5, 0.6) is 0 Å². The predicted molar refractivity (Wildman–Crippen MR) is 138 cm³/mol. The number of rotatable bonds is 8. The van der Waals surface area contributed by atoms with Crippen molar-refractivity contribution in [3.63, 3.8) is 0 Å². The summed E-state index contributed by atoms with van der Waals surface area (Å²) < 4.78 is 12.2. The van der Waals surface area contributed by atoms with Crippen molar-refractivity contribution in [2.75, 3.05) is 18.1 Å². The van der Waals surface area contributed by atoms with E-state index in [0.717, 1.165) is 48.6 Å². The number of nitrogens with one attached hydrogen (secondary N) is 3. The Kier molecular flexibility index (Phi) is 12.5. The molecule has 3 atom stereocenters. The lowest BCUT2D eigenvalue weighted by atomic mass is 9.95. The van der Waals surface area contributed by atoms with Crippen LogP contribution < -0.4 is 16.0 Å². The van der Waals surface area contributed by atoms with Gasteiger partial charge in [0.1, 0.15) is 0 Å². The van der Waals surface area contributed by atoms with Crippen LogP contribution in [0.4, 0.5) is 5.69 Å². The van der Waals surface area contributed by atoms with E-state index < -0.39 is 10.8 Å². The molecule has 1 saturated carbocycles. The summed E-state index contributed by atoms with van der Waals surface area (Å²) in [6, 6.07) is 8.17. The smallest absolute Gasteiger partial charge is 0.224 e. The summed E-state index contributed by atoms with van der Waals surface area (Å²) in [5, 5.41) is 10.1. The van der Waals surface area contributed by atoms with Gasteiger partial charge in [-0.25, -0.2) is 0 Å². The molecule has 30 heavy (non-hydrogen) atoms. The molecule has 6 nitrogen and oxygen atoms in total. The third-order valence-electron chi connectivity index (χ3n) is 5.11. The number of carbonyl (C=O) groups is 1. The van der Waals surface area contributed by atoms with E-state index in [2.05, 4.69) is 20.9 Å². The molecule has 3 N–H and O–H groups in total. The van der Waals surface area contributed by atoms with E-state index in [0.29, 0.717) is 24.9 Å². The zero-order chi connectivity index (χ0) is 21.2. The van der Waals surface area contributed by atoms with Crippen molar-refractivity contribution >= 4 is 52.3 Å². The number of carbonyl (C=O) groups excluding carboxylic acids is 1. The van der Waals surface area contributed by atoms with E-state index in [1.807, 2.05) is 45.0 Å². The first kappa shape index (κ1) is 26.9. The lowest BCUT2D eigenvalue weighted by Crippen LogP contribution is -2.46. The van der Waals surface area contributed by atoms with Gasteiger partial charge in [0.05, 0.1) is 0 Å². The van der Waals surface area contributed by atoms with Crippen molar-refractivity contribution in [1.29, 1.82) is 0 Å². The third kappa shape index (κ3) is 9.32. The molecular formula is C22H37IN4O2S. The van der Waals surface area contributed by atoms with E-state index in [1.54, 1.807) is 7.05 Å². The average Bonchev–Trinajstić information content (AvgIpc) is 2.70. The summed E-state index contributed by atoms with van der Waals surface area (Å²) in [7, 11) is 1.04. The quantitative estimate of drug-likeness (QED) is 0.260. The van der Waals surface area contributed by atoms with Crippen molar-refractivity contribution in [3.05, 3.63) is 29.8 Å². The van der Waals surface area contributed by atoms with Gasteiger partial charge in [-0.2, -0.15) is 0 Å². The second-order valence-corrected chi connectivity index (χ2v) is 10.1. The van der Waals surface area contributed by atoms with Gasteiger partial charge in [0.2, 0.25) is 5.91 Å². The standard InChI is InChI=1S/C22H36N4O2S.HI/c1-5-29(28)20-11-7-10-19(14-20)26-22(23-4)24-15-17-8-6-9-18(13-17)25-21(27)12-16(2)3;/h6,8-9,13,16,19-20H,5,7,10-12,14-15H2,1-4H3,(H,25,27)(H2,23,24,26);1H. The molecule has 1 aliphatic rings. The molecule has 0 radical (unpaired) electrons. The Morgan fingerprint density at radius 1 is 1.30 bits per heavy atom. The Morgan fingerprint density at radius 3 is 2.73 bits per heavy atom. The summed E-state index contributed by atoms with van der Waals surface area (Å²) in [6.45, 7) is 6.68. The fraction of sp³-hybridized carbons (Fsp3) is 0.636. The van der Waals surface area contributed by atoms with Crippen LogP contribution in [-0.2, 0) is 22.1 Å². The summed E-state index contributed by atoms with van der Waals surface area (Å²) in [5.41, 5.74) is 1.89. The minimum Gasteiger partial charge on any atom is -0.354 e. The number of amides is 1. The fourth-order valence-corrected chi connectivity index (χ4v) is 5.01. The molecule has 0 aliphatic heterocycles. The number of anilines is 1. The van der Waals surface area contributed by atoms with Gasteiger partial charge in [0, 0.05) is 53.5 Å². The molecule has 0 bridgehead atoms. The Labute approximate surface area is 200 Å². The first-order valence-corrected chi connectivity index (χ1v) is 12.0.